The molecule has 1 rings (SSSR count). The van der Waals surface area contributed by atoms with Crippen molar-refractivity contribution in [1.82, 2.24) is 15.1 Å². The van der Waals surface area contributed by atoms with E-state index in [9.17, 15) is 4.79 Å². The maximum absolute atomic E-state index is 11.8. The van der Waals surface area contributed by atoms with E-state index in [0.29, 0.717) is 12.5 Å². The molecule has 1 saturated heterocycles. The molecule has 1 aliphatic rings. The predicted molar refractivity (Wildman–Crippen MR) is 72.7 cm³/mol. The van der Waals surface area contributed by atoms with Gasteiger partial charge in [0.2, 0.25) is 5.91 Å². The van der Waals surface area contributed by atoms with E-state index in [4.69, 9.17) is 4.74 Å². The van der Waals surface area contributed by atoms with Crippen LogP contribution in [0, 0.1) is 0 Å². The number of hydrogen-bond acceptors (Lipinski definition) is 4. The average molecular weight is 257 g/mol. The molecule has 1 aliphatic heterocycles. The molecule has 0 unspecified atom stereocenters. The Hall–Kier alpha value is -0.650. The van der Waals surface area contributed by atoms with Crippen LogP contribution >= 0.6 is 0 Å². The molecule has 0 bridgehead atoms. The van der Waals surface area contributed by atoms with Gasteiger partial charge in [0.1, 0.15) is 0 Å². The SMILES string of the molecule is CNCCC(=O)N1CCN(CCOC(C)C)CC1. The first-order valence-electron chi connectivity index (χ1n) is 6.90. The highest BCUT2D eigenvalue weighted by atomic mass is 16.5. The third-order valence-corrected chi connectivity index (χ3v) is 3.17. The average Bonchev–Trinajstić information content (AvgIpc) is 2.36. The summed E-state index contributed by atoms with van der Waals surface area (Å²) in [4.78, 5) is 16.1. The Kier molecular flexibility index (Phi) is 7.23. The molecular formula is C13H27N3O2. The van der Waals surface area contributed by atoms with Crippen LogP contribution in [0.5, 0.6) is 0 Å². The summed E-state index contributed by atoms with van der Waals surface area (Å²) in [6, 6.07) is 0. The summed E-state index contributed by atoms with van der Waals surface area (Å²) < 4.78 is 5.54. The maximum Gasteiger partial charge on any atom is 0.223 e. The third-order valence-electron chi connectivity index (χ3n) is 3.17. The zero-order chi connectivity index (χ0) is 13.4. The number of ether oxygens (including phenoxy) is 1. The minimum atomic E-state index is 0.266. The van der Waals surface area contributed by atoms with E-state index in [-0.39, 0.29) is 5.91 Å². The highest BCUT2D eigenvalue weighted by Gasteiger charge is 2.20. The van der Waals surface area contributed by atoms with Crippen LogP contribution < -0.4 is 5.32 Å². The fraction of sp³-hybridized carbons (Fsp3) is 0.923. The normalized spacial score (nSPS) is 17.4. The van der Waals surface area contributed by atoms with Gasteiger partial charge in [0.15, 0.2) is 0 Å². The van der Waals surface area contributed by atoms with Gasteiger partial charge < -0.3 is 15.0 Å². The van der Waals surface area contributed by atoms with Crippen molar-refractivity contribution in [2.24, 2.45) is 0 Å². The topological polar surface area (TPSA) is 44.8 Å². The lowest BCUT2D eigenvalue weighted by molar-refractivity contribution is -0.132. The van der Waals surface area contributed by atoms with E-state index in [1.807, 2.05) is 11.9 Å². The van der Waals surface area contributed by atoms with Crippen molar-refractivity contribution in [1.29, 1.82) is 0 Å². The third kappa shape index (κ3) is 5.80. The summed E-state index contributed by atoms with van der Waals surface area (Å²) in [6.45, 7) is 10.3. The van der Waals surface area contributed by atoms with Crippen molar-refractivity contribution < 1.29 is 9.53 Å². The van der Waals surface area contributed by atoms with Crippen LogP contribution in [-0.4, -0.2) is 74.7 Å². The molecule has 5 nitrogen and oxygen atoms in total. The number of carbonyl (C=O) groups excluding carboxylic acids is 1. The number of nitrogens with zero attached hydrogens (tertiary/aromatic N) is 2. The van der Waals surface area contributed by atoms with Crippen molar-refractivity contribution in [3.8, 4) is 0 Å². The number of piperazine rings is 1. The lowest BCUT2D eigenvalue weighted by Crippen LogP contribution is -2.49. The fourth-order valence-electron chi connectivity index (χ4n) is 2.03. The molecule has 0 aliphatic carbocycles. The van der Waals surface area contributed by atoms with Gasteiger partial charge in [-0.15, -0.1) is 0 Å². The quantitative estimate of drug-likeness (QED) is 0.706. The molecule has 0 aromatic carbocycles. The van der Waals surface area contributed by atoms with Crippen molar-refractivity contribution in [2.45, 2.75) is 26.4 Å². The summed E-state index contributed by atoms with van der Waals surface area (Å²) in [5.41, 5.74) is 0. The van der Waals surface area contributed by atoms with Gasteiger partial charge in [-0.1, -0.05) is 0 Å². The lowest BCUT2D eigenvalue weighted by atomic mass is 10.2. The fourth-order valence-corrected chi connectivity index (χ4v) is 2.03. The molecule has 0 atom stereocenters. The summed E-state index contributed by atoms with van der Waals surface area (Å²) in [7, 11) is 1.87. The number of rotatable bonds is 7. The second-order valence-corrected chi connectivity index (χ2v) is 5.00. The van der Waals surface area contributed by atoms with Crippen LogP contribution in [0.15, 0.2) is 0 Å². The summed E-state index contributed by atoms with van der Waals surface area (Å²) in [5.74, 6) is 0.266. The maximum atomic E-state index is 11.8. The molecule has 0 radical (unpaired) electrons. The van der Waals surface area contributed by atoms with E-state index in [1.165, 1.54) is 0 Å². The van der Waals surface area contributed by atoms with Crippen LogP contribution in [0.2, 0.25) is 0 Å². The molecule has 106 valence electrons. The van der Waals surface area contributed by atoms with Gasteiger partial charge in [0, 0.05) is 45.7 Å². The second-order valence-electron chi connectivity index (χ2n) is 5.00. The summed E-state index contributed by atoms with van der Waals surface area (Å²) in [6.07, 6.45) is 0.905. The first-order chi connectivity index (χ1) is 8.63. The monoisotopic (exact) mass is 257 g/mol. The predicted octanol–water partition coefficient (Wildman–Crippen LogP) is 0.165. The molecule has 1 amide bonds. The van der Waals surface area contributed by atoms with Crippen LogP contribution in [0.1, 0.15) is 20.3 Å². The minimum Gasteiger partial charge on any atom is -0.377 e. The smallest absolute Gasteiger partial charge is 0.223 e. The molecule has 0 aromatic heterocycles. The summed E-state index contributed by atoms with van der Waals surface area (Å²) in [5, 5.41) is 3.01. The molecule has 0 spiro atoms. The molecular weight excluding hydrogens is 230 g/mol. The Labute approximate surface area is 110 Å². The Morgan fingerprint density at radius 2 is 1.94 bits per heavy atom. The Balaban J connectivity index is 2.14. The molecule has 18 heavy (non-hydrogen) atoms. The zero-order valence-corrected chi connectivity index (χ0v) is 11.9. The minimum absolute atomic E-state index is 0.266. The molecule has 1 fully saturated rings. The Morgan fingerprint density at radius 1 is 1.28 bits per heavy atom. The highest BCUT2D eigenvalue weighted by molar-refractivity contribution is 5.76. The number of hydrogen-bond donors (Lipinski definition) is 1. The van der Waals surface area contributed by atoms with Gasteiger partial charge in [-0.2, -0.15) is 0 Å². The van der Waals surface area contributed by atoms with Gasteiger partial charge in [0.25, 0.3) is 0 Å². The van der Waals surface area contributed by atoms with Gasteiger partial charge in [-0.25, -0.2) is 0 Å². The second kappa shape index (κ2) is 8.45. The van der Waals surface area contributed by atoms with E-state index in [2.05, 4.69) is 24.1 Å². The van der Waals surface area contributed by atoms with Gasteiger partial charge in [0.05, 0.1) is 12.7 Å². The highest BCUT2D eigenvalue weighted by Crippen LogP contribution is 2.03. The van der Waals surface area contributed by atoms with E-state index in [1.54, 1.807) is 0 Å². The Bertz CT molecular complexity index is 238. The summed E-state index contributed by atoms with van der Waals surface area (Å²) >= 11 is 0. The van der Waals surface area contributed by atoms with Crippen molar-refractivity contribution in [3.63, 3.8) is 0 Å². The van der Waals surface area contributed by atoms with Crippen molar-refractivity contribution in [3.05, 3.63) is 0 Å². The van der Waals surface area contributed by atoms with E-state index in [0.717, 1.165) is 45.9 Å². The lowest BCUT2D eigenvalue weighted by Gasteiger charge is -2.34. The van der Waals surface area contributed by atoms with Crippen molar-refractivity contribution in [2.75, 3.05) is 52.9 Å². The zero-order valence-electron chi connectivity index (χ0n) is 11.9. The van der Waals surface area contributed by atoms with Crippen LogP contribution in [0.25, 0.3) is 0 Å². The van der Waals surface area contributed by atoms with Gasteiger partial charge in [-0.3, -0.25) is 9.69 Å². The first kappa shape index (κ1) is 15.4. The van der Waals surface area contributed by atoms with Crippen LogP contribution in [-0.2, 0) is 9.53 Å². The molecule has 1 N–H and O–H groups in total. The number of carbonyl (C=O) groups is 1. The van der Waals surface area contributed by atoms with Crippen molar-refractivity contribution >= 4 is 5.91 Å². The standard InChI is InChI=1S/C13H27N3O2/c1-12(2)18-11-10-15-6-8-16(9-7-15)13(17)4-5-14-3/h12,14H,4-11H2,1-3H3. The number of nitrogens with one attached hydrogen (secondary N) is 1. The molecule has 1 heterocycles. The number of amides is 1. The Morgan fingerprint density at radius 3 is 2.50 bits per heavy atom. The van der Waals surface area contributed by atoms with Crippen LogP contribution in [0.4, 0.5) is 0 Å². The van der Waals surface area contributed by atoms with E-state index >= 15 is 0 Å². The van der Waals surface area contributed by atoms with E-state index < -0.39 is 0 Å². The molecule has 0 saturated carbocycles. The largest absolute Gasteiger partial charge is 0.377 e. The molecule has 0 aromatic rings. The van der Waals surface area contributed by atoms with Gasteiger partial charge in [-0.05, 0) is 20.9 Å². The first-order valence-corrected chi connectivity index (χ1v) is 6.90. The van der Waals surface area contributed by atoms with Crippen LogP contribution in [0.3, 0.4) is 0 Å². The van der Waals surface area contributed by atoms with Gasteiger partial charge >= 0.3 is 0 Å². The molecule has 5 heteroatoms.